The average Bonchev–Trinajstić information content (AvgIpc) is 2.59. The number of piperidine rings is 1. The van der Waals surface area contributed by atoms with E-state index in [1.165, 1.54) is 24.1 Å². The molecule has 0 aromatic carbocycles. The number of ether oxygens (including phenoxy) is 1. The molecule has 144 valence electrons. The SMILES string of the molecule is CC(OC(=O)N1CCC2(CC1)CC(c1ccc(C(F)F)cn1)C2)C(O)F. The van der Waals surface area contributed by atoms with Gasteiger partial charge >= 0.3 is 6.09 Å². The molecule has 2 atom stereocenters. The first-order valence-electron chi connectivity index (χ1n) is 8.81. The summed E-state index contributed by atoms with van der Waals surface area (Å²) in [6.07, 6.45) is -1.75. The lowest BCUT2D eigenvalue weighted by Gasteiger charge is -2.52. The van der Waals surface area contributed by atoms with E-state index >= 15 is 0 Å². The number of amides is 1. The highest BCUT2D eigenvalue weighted by Crippen LogP contribution is 2.56. The number of carbonyl (C=O) groups is 1. The van der Waals surface area contributed by atoms with Crippen molar-refractivity contribution < 1.29 is 27.8 Å². The number of likely N-dealkylation sites (tertiary alicyclic amines) is 1. The molecule has 2 heterocycles. The van der Waals surface area contributed by atoms with Gasteiger partial charge in [0, 0.05) is 36.5 Å². The van der Waals surface area contributed by atoms with Crippen LogP contribution >= 0.6 is 0 Å². The molecule has 3 rings (SSSR count). The quantitative estimate of drug-likeness (QED) is 0.873. The highest BCUT2D eigenvalue weighted by molar-refractivity contribution is 5.68. The third kappa shape index (κ3) is 3.95. The van der Waals surface area contributed by atoms with Crippen molar-refractivity contribution in [2.75, 3.05) is 13.1 Å². The Kier molecular flexibility index (Phi) is 5.41. The molecule has 0 bridgehead atoms. The Morgan fingerprint density at radius 3 is 2.46 bits per heavy atom. The molecule has 26 heavy (non-hydrogen) atoms. The van der Waals surface area contributed by atoms with Crippen molar-refractivity contribution in [1.29, 1.82) is 0 Å². The van der Waals surface area contributed by atoms with Gasteiger partial charge in [0.2, 0.25) is 6.36 Å². The van der Waals surface area contributed by atoms with Crippen LogP contribution in [-0.4, -0.2) is 46.6 Å². The van der Waals surface area contributed by atoms with Crippen LogP contribution in [0.3, 0.4) is 0 Å². The lowest BCUT2D eigenvalue weighted by atomic mass is 9.57. The Morgan fingerprint density at radius 2 is 1.96 bits per heavy atom. The van der Waals surface area contributed by atoms with E-state index in [0.717, 1.165) is 31.4 Å². The molecule has 2 unspecified atom stereocenters. The van der Waals surface area contributed by atoms with Crippen LogP contribution in [0.4, 0.5) is 18.0 Å². The molecule has 2 fully saturated rings. The number of aliphatic hydroxyl groups is 1. The van der Waals surface area contributed by atoms with Crippen molar-refractivity contribution in [3.8, 4) is 0 Å². The summed E-state index contributed by atoms with van der Waals surface area (Å²) in [6.45, 7) is 2.35. The van der Waals surface area contributed by atoms with E-state index in [-0.39, 0.29) is 16.9 Å². The summed E-state index contributed by atoms with van der Waals surface area (Å²) >= 11 is 0. The number of hydrogen-bond donors (Lipinski definition) is 1. The molecule has 1 aliphatic heterocycles. The number of nitrogens with zero attached hydrogens (tertiary/aromatic N) is 2. The average molecular weight is 372 g/mol. The summed E-state index contributed by atoms with van der Waals surface area (Å²) in [4.78, 5) is 17.7. The molecule has 8 heteroatoms. The normalized spacial score (nSPS) is 22.2. The predicted molar refractivity (Wildman–Crippen MR) is 87.5 cm³/mol. The van der Waals surface area contributed by atoms with Gasteiger partial charge in [-0.3, -0.25) is 4.98 Å². The molecular weight excluding hydrogens is 349 g/mol. The zero-order valence-electron chi connectivity index (χ0n) is 14.6. The number of aromatic nitrogens is 1. The third-order valence-electron chi connectivity index (χ3n) is 5.59. The number of pyridine rings is 1. The molecule has 0 radical (unpaired) electrons. The van der Waals surface area contributed by atoms with Crippen LogP contribution in [0.15, 0.2) is 18.3 Å². The van der Waals surface area contributed by atoms with Gasteiger partial charge in [-0.2, -0.15) is 0 Å². The fourth-order valence-electron chi connectivity index (χ4n) is 3.84. The van der Waals surface area contributed by atoms with E-state index < -0.39 is 25.0 Å². The van der Waals surface area contributed by atoms with Crippen LogP contribution in [-0.2, 0) is 4.74 Å². The van der Waals surface area contributed by atoms with Crippen LogP contribution in [0.1, 0.15) is 56.2 Å². The molecule has 1 saturated heterocycles. The number of aliphatic hydroxyl groups excluding tert-OH is 1. The van der Waals surface area contributed by atoms with Crippen molar-refractivity contribution in [2.45, 2.75) is 57.4 Å². The summed E-state index contributed by atoms with van der Waals surface area (Å²) in [5, 5.41) is 8.77. The lowest BCUT2D eigenvalue weighted by Crippen LogP contribution is -2.49. The van der Waals surface area contributed by atoms with Gasteiger partial charge in [-0.1, -0.05) is 0 Å². The Hall–Kier alpha value is -1.83. The number of hydrogen-bond acceptors (Lipinski definition) is 4. The summed E-state index contributed by atoms with van der Waals surface area (Å²) in [5.41, 5.74) is 0.922. The number of rotatable bonds is 4. The van der Waals surface area contributed by atoms with Crippen LogP contribution < -0.4 is 0 Å². The molecule has 5 nitrogen and oxygen atoms in total. The minimum Gasteiger partial charge on any atom is -0.441 e. The fourth-order valence-corrected chi connectivity index (χ4v) is 3.84. The van der Waals surface area contributed by atoms with E-state index in [1.807, 2.05) is 0 Å². The van der Waals surface area contributed by atoms with Gasteiger partial charge in [0.1, 0.15) is 0 Å². The van der Waals surface area contributed by atoms with Crippen molar-refractivity contribution in [3.63, 3.8) is 0 Å². The second-order valence-corrected chi connectivity index (χ2v) is 7.37. The second kappa shape index (κ2) is 7.42. The largest absolute Gasteiger partial charge is 0.441 e. The summed E-state index contributed by atoms with van der Waals surface area (Å²) in [6, 6.07) is 3.10. The van der Waals surface area contributed by atoms with Crippen LogP contribution in [0.2, 0.25) is 0 Å². The number of carbonyl (C=O) groups excluding carboxylic acids is 1. The smallest absolute Gasteiger partial charge is 0.410 e. The maximum absolute atomic E-state index is 12.7. The van der Waals surface area contributed by atoms with Crippen molar-refractivity contribution in [2.24, 2.45) is 5.41 Å². The van der Waals surface area contributed by atoms with Gasteiger partial charge in [0.05, 0.1) is 0 Å². The topological polar surface area (TPSA) is 62.7 Å². The van der Waals surface area contributed by atoms with E-state index in [0.29, 0.717) is 13.1 Å². The van der Waals surface area contributed by atoms with E-state index in [4.69, 9.17) is 9.84 Å². The fraction of sp³-hybridized carbons (Fsp3) is 0.667. The summed E-state index contributed by atoms with van der Waals surface area (Å²) in [5.74, 6) is 0.266. The van der Waals surface area contributed by atoms with Crippen molar-refractivity contribution in [1.82, 2.24) is 9.88 Å². The molecule has 1 N–H and O–H groups in total. The maximum Gasteiger partial charge on any atom is 0.410 e. The standard InChI is InChI=1S/C18H23F3N2O3/c1-11(16(21)24)26-17(25)23-6-4-18(5-7-23)8-13(9-18)14-3-2-12(10-22-14)15(19)20/h2-3,10-11,13,15-16,24H,4-9H2,1H3. The first-order valence-corrected chi connectivity index (χ1v) is 8.81. The number of halogens is 3. The minimum atomic E-state index is -2.51. The van der Waals surface area contributed by atoms with Crippen LogP contribution in [0, 0.1) is 5.41 Å². The van der Waals surface area contributed by atoms with E-state index in [2.05, 4.69) is 4.98 Å². The molecule has 1 aliphatic carbocycles. The third-order valence-corrected chi connectivity index (χ3v) is 5.59. The minimum absolute atomic E-state index is 0.0674. The zero-order chi connectivity index (χ0) is 18.9. The Morgan fingerprint density at radius 1 is 1.31 bits per heavy atom. The Bertz CT molecular complexity index is 623. The first-order chi connectivity index (χ1) is 12.3. The highest BCUT2D eigenvalue weighted by Gasteiger charge is 2.47. The zero-order valence-corrected chi connectivity index (χ0v) is 14.6. The van der Waals surface area contributed by atoms with Crippen LogP contribution in [0.25, 0.3) is 0 Å². The van der Waals surface area contributed by atoms with Crippen molar-refractivity contribution in [3.05, 3.63) is 29.6 Å². The van der Waals surface area contributed by atoms with Crippen LogP contribution in [0.5, 0.6) is 0 Å². The van der Waals surface area contributed by atoms with Gasteiger partial charge in [0.25, 0.3) is 6.43 Å². The first kappa shape index (κ1) is 18.9. The molecule has 1 aromatic rings. The molecule has 1 amide bonds. The van der Waals surface area contributed by atoms with Crippen molar-refractivity contribution >= 4 is 6.09 Å². The molecule has 1 saturated carbocycles. The van der Waals surface area contributed by atoms with Gasteiger partial charge < -0.3 is 14.7 Å². The molecular formula is C18H23F3N2O3. The monoisotopic (exact) mass is 372 g/mol. The predicted octanol–water partition coefficient (Wildman–Crippen LogP) is 3.79. The van der Waals surface area contributed by atoms with E-state index in [9.17, 15) is 18.0 Å². The second-order valence-electron chi connectivity index (χ2n) is 7.37. The lowest BCUT2D eigenvalue weighted by molar-refractivity contribution is -0.0738. The van der Waals surface area contributed by atoms with Gasteiger partial charge in [-0.15, -0.1) is 0 Å². The highest BCUT2D eigenvalue weighted by atomic mass is 19.3. The van der Waals surface area contributed by atoms with Gasteiger partial charge in [-0.05, 0) is 50.2 Å². The Balaban J connectivity index is 1.48. The Labute approximate surface area is 150 Å². The molecule has 2 aliphatic rings. The summed E-state index contributed by atoms with van der Waals surface area (Å²) in [7, 11) is 0. The number of alkyl halides is 3. The molecule has 1 spiro atoms. The maximum atomic E-state index is 12.7. The van der Waals surface area contributed by atoms with Gasteiger partial charge in [-0.25, -0.2) is 18.0 Å². The van der Waals surface area contributed by atoms with Gasteiger partial charge in [0.15, 0.2) is 6.10 Å². The van der Waals surface area contributed by atoms with E-state index in [1.54, 1.807) is 6.07 Å². The summed E-state index contributed by atoms with van der Waals surface area (Å²) < 4.78 is 42.8. The molecule has 1 aromatic heterocycles.